The first-order valence-electron chi connectivity index (χ1n) is 12.4. The van der Waals surface area contributed by atoms with Gasteiger partial charge in [-0.3, -0.25) is 0 Å². The first-order valence-corrected chi connectivity index (χ1v) is 12.4. The molecule has 2 aromatic carbocycles. The average molecular weight is 511 g/mol. The van der Waals surface area contributed by atoms with Gasteiger partial charge in [0.25, 0.3) is 0 Å². The Bertz CT molecular complexity index is 1980. The van der Waals surface area contributed by atoms with E-state index in [4.69, 9.17) is 9.97 Å². The second-order valence-corrected chi connectivity index (χ2v) is 9.43. The van der Waals surface area contributed by atoms with Crippen LogP contribution in [0.25, 0.3) is 68.6 Å². The van der Waals surface area contributed by atoms with Crippen molar-refractivity contribution >= 4 is 46.4 Å². The van der Waals surface area contributed by atoms with Gasteiger partial charge in [-0.25, -0.2) is 9.97 Å². The molecular formula is C32H22N4O3. The summed E-state index contributed by atoms with van der Waals surface area (Å²) in [5, 5.41) is 30.4. The molecule has 0 saturated carbocycles. The lowest BCUT2D eigenvalue weighted by molar-refractivity contribution is 0.368. The molecule has 0 atom stereocenters. The molecule has 5 heterocycles. The quantitative estimate of drug-likeness (QED) is 0.159. The Morgan fingerprint density at radius 1 is 0.513 bits per heavy atom. The first-order chi connectivity index (χ1) is 19.0. The number of rotatable bonds is 2. The lowest BCUT2D eigenvalue weighted by Gasteiger charge is -2.07. The largest absolute Gasteiger partial charge is 0.504 e. The highest BCUT2D eigenvalue weighted by atomic mass is 16.3. The second kappa shape index (κ2) is 8.78. The zero-order valence-corrected chi connectivity index (χ0v) is 20.6. The molecule has 7 nitrogen and oxygen atoms in total. The van der Waals surface area contributed by atoms with Crippen LogP contribution in [0.4, 0.5) is 0 Å². The summed E-state index contributed by atoms with van der Waals surface area (Å²) in [5.41, 5.74) is 9.66. The van der Waals surface area contributed by atoms with Crippen molar-refractivity contribution in [3.63, 3.8) is 0 Å². The molecule has 0 saturated heterocycles. The monoisotopic (exact) mass is 510 g/mol. The Morgan fingerprint density at radius 2 is 1.03 bits per heavy atom. The summed E-state index contributed by atoms with van der Waals surface area (Å²) in [7, 11) is 0. The van der Waals surface area contributed by atoms with Crippen molar-refractivity contribution in [2.45, 2.75) is 0 Å². The molecule has 7 rings (SSSR count). The average Bonchev–Trinajstić information content (AvgIpc) is 3.74. The van der Waals surface area contributed by atoms with Gasteiger partial charge in [0, 0.05) is 33.2 Å². The van der Waals surface area contributed by atoms with E-state index in [-0.39, 0.29) is 0 Å². The highest BCUT2D eigenvalue weighted by molar-refractivity contribution is 5.93. The third-order valence-corrected chi connectivity index (χ3v) is 6.82. The maximum Gasteiger partial charge on any atom is 0.200 e. The molecule has 5 aromatic rings. The molecule has 0 radical (unpaired) electrons. The van der Waals surface area contributed by atoms with Gasteiger partial charge in [-0.1, -0.05) is 30.3 Å². The number of phenols is 3. The SMILES string of the molecule is Oc1cc(-c2c3nc(cc4ccc([nH]4)c(-c4ccccc4)c4nc(cc5ccc2[nH]5)C=C4)C=C3)cc(O)c1O. The molecule has 0 amide bonds. The van der Waals surface area contributed by atoms with Crippen molar-refractivity contribution in [2.75, 3.05) is 0 Å². The van der Waals surface area contributed by atoms with Gasteiger partial charge in [0.15, 0.2) is 17.2 Å². The zero-order chi connectivity index (χ0) is 26.5. The van der Waals surface area contributed by atoms with E-state index in [0.717, 1.165) is 50.3 Å². The number of H-pyrrole nitrogens is 2. The fourth-order valence-electron chi connectivity index (χ4n) is 5.03. The topological polar surface area (TPSA) is 118 Å². The number of benzene rings is 2. The Labute approximate surface area is 222 Å². The minimum atomic E-state index is -0.565. The predicted octanol–water partition coefficient (Wildman–Crippen LogP) is 7.11. The predicted molar refractivity (Wildman–Crippen MR) is 155 cm³/mol. The molecule has 2 aliphatic heterocycles. The maximum absolute atomic E-state index is 10.2. The Balaban J connectivity index is 1.57. The number of phenolic OH excluding ortho intramolecular Hbond substituents is 3. The molecule has 0 unspecified atom stereocenters. The highest BCUT2D eigenvalue weighted by Gasteiger charge is 2.16. The van der Waals surface area contributed by atoms with Crippen molar-refractivity contribution in [1.82, 2.24) is 19.9 Å². The van der Waals surface area contributed by atoms with Crippen LogP contribution >= 0.6 is 0 Å². The summed E-state index contributed by atoms with van der Waals surface area (Å²) in [6.07, 6.45) is 7.81. The van der Waals surface area contributed by atoms with Gasteiger partial charge < -0.3 is 25.3 Å². The standard InChI is InChI=1S/C32H22N4O3/c37-28-14-19(15-29(38)32(28)39)31-26-12-8-22(35-26)16-20-6-10-24(33-20)30(18-4-2-1-3-5-18)25-11-7-21(34-25)17-23-9-13-27(31)36-23/h1-17,33,36-39H. The van der Waals surface area contributed by atoms with Gasteiger partial charge in [-0.15, -0.1) is 0 Å². The van der Waals surface area contributed by atoms with Crippen LogP contribution in [0, 0.1) is 0 Å². The molecule has 8 bridgehead atoms. The molecule has 0 aliphatic carbocycles. The maximum atomic E-state index is 10.2. The van der Waals surface area contributed by atoms with E-state index in [1.165, 1.54) is 12.1 Å². The van der Waals surface area contributed by atoms with Gasteiger partial charge >= 0.3 is 0 Å². The van der Waals surface area contributed by atoms with Gasteiger partial charge in [-0.2, -0.15) is 0 Å². The fourth-order valence-corrected chi connectivity index (χ4v) is 5.03. The fraction of sp³-hybridized carbons (Fsp3) is 0. The van der Waals surface area contributed by atoms with Crippen LogP contribution in [0.1, 0.15) is 22.8 Å². The summed E-state index contributed by atoms with van der Waals surface area (Å²) in [4.78, 5) is 16.7. The second-order valence-electron chi connectivity index (χ2n) is 9.43. The number of aromatic amines is 2. The summed E-state index contributed by atoms with van der Waals surface area (Å²) >= 11 is 0. The number of hydrogen-bond acceptors (Lipinski definition) is 5. The first kappa shape index (κ1) is 22.6. The molecule has 188 valence electrons. The smallest absolute Gasteiger partial charge is 0.200 e. The van der Waals surface area contributed by atoms with Crippen molar-refractivity contribution in [3.05, 3.63) is 102 Å². The highest BCUT2D eigenvalue weighted by Crippen LogP contribution is 2.41. The van der Waals surface area contributed by atoms with E-state index >= 15 is 0 Å². The molecule has 5 N–H and O–H groups in total. The summed E-state index contributed by atoms with van der Waals surface area (Å²) in [5.74, 6) is -1.40. The minimum absolute atomic E-state index is 0.417. The lowest BCUT2D eigenvalue weighted by Crippen LogP contribution is -1.86. The van der Waals surface area contributed by atoms with E-state index < -0.39 is 17.2 Å². The van der Waals surface area contributed by atoms with Crippen LogP contribution in [0.5, 0.6) is 17.2 Å². The molecular weight excluding hydrogens is 488 g/mol. The number of hydrogen-bond donors (Lipinski definition) is 5. The van der Waals surface area contributed by atoms with Gasteiger partial charge in [0.1, 0.15) is 0 Å². The van der Waals surface area contributed by atoms with Crippen LogP contribution in [0.3, 0.4) is 0 Å². The summed E-state index contributed by atoms with van der Waals surface area (Å²) in [6, 6.07) is 24.9. The Morgan fingerprint density at radius 3 is 1.56 bits per heavy atom. The Kier molecular flexibility index (Phi) is 5.09. The lowest BCUT2D eigenvalue weighted by atomic mass is 10.0. The summed E-state index contributed by atoms with van der Waals surface area (Å²) < 4.78 is 0. The molecule has 39 heavy (non-hydrogen) atoms. The number of aromatic nitrogens is 4. The van der Waals surface area contributed by atoms with E-state index in [1.807, 2.05) is 78.9 Å². The van der Waals surface area contributed by atoms with Crippen LogP contribution in [0.2, 0.25) is 0 Å². The number of nitrogens with one attached hydrogen (secondary N) is 2. The molecule has 0 fully saturated rings. The van der Waals surface area contributed by atoms with Crippen molar-refractivity contribution in [1.29, 1.82) is 0 Å². The number of nitrogens with zero attached hydrogens (tertiary/aromatic N) is 2. The molecule has 3 aromatic heterocycles. The number of fused-ring (bicyclic) bond motifs is 8. The minimum Gasteiger partial charge on any atom is -0.504 e. The molecule has 0 spiro atoms. The third-order valence-electron chi connectivity index (χ3n) is 6.82. The van der Waals surface area contributed by atoms with E-state index in [9.17, 15) is 15.3 Å². The van der Waals surface area contributed by atoms with Gasteiger partial charge in [0.05, 0.1) is 22.8 Å². The van der Waals surface area contributed by atoms with Crippen molar-refractivity contribution in [3.8, 4) is 39.5 Å². The molecule has 7 heteroatoms. The normalized spacial score (nSPS) is 12.2. The van der Waals surface area contributed by atoms with Gasteiger partial charge in [0.2, 0.25) is 0 Å². The Hall–Kier alpha value is -5.56. The summed E-state index contributed by atoms with van der Waals surface area (Å²) in [6.45, 7) is 0. The van der Waals surface area contributed by atoms with E-state index in [2.05, 4.69) is 22.1 Å². The third kappa shape index (κ3) is 4.02. The molecule has 2 aliphatic rings. The van der Waals surface area contributed by atoms with Crippen LogP contribution in [0.15, 0.2) is 78.9 Å². The van der Waals surface area contributed by atoms with Crippen LogP contribution < -0.4 is 0 Å². The van der Waals surface area contributed by atoms with Crippen molar-refractivity contribution in [2.24, 2.45) is 0 Å². The van der Waals surface area contributed by atoms with Crippen molar-refractivity contribution < 1.29 is 15.3 Å². The zero-order valence-electron chi connectivity index (χ0n) is 20.6. The van der Waals surface area contributed by atoms with E-state index in [1.54, 1.807) is 0 Å². The van der Waals surface area contributed by atoms with Crippen LogP contribution in [-0.4, -0.2) is 35.3 Å². The number of aromatic hydroxyl groups is 3. The van der Waals surface area contributed by atoms with Crippen LogP contribution in [-0.2, 0) is 0 Å². The van der Waals surface area contributed by atoms with E-state index in [0.29, 0.717) is 16.8 Å². The van der Waals surface area contributed by atoms with Gasteiger partial charge in [-0.05, 0) is 84.0 Å².